The Morgan fingerprint density at radius 3 is 2.56 bits per heavy atom. The largest absolute Gasteiger partial charge is 0.462 e. The fourth-order valence-corrected chi connectivity index (χ4v) is 1.89. The second-order valence-electron chi connectivity index (χ2n) is 3.71. The third kappa shape index (κ3) is 3.56. The summed E-state index contributed by atoms with van der Waals surface area (Å²) in [5.41, 5.74) is 1.40. The van der Waals surface area contributed by atoms with Crippen molar-refractivity contribution in [3.05, 3.63) is 34.9 Å². The lowest BCUT2D eigenvalue weighted by atomic mass is 10.00. The Bertz CT molecular complexity index is 458. The molecular formula is C13H14BrClO3. The van der Waals surface area contributed by atoms with Crippen LogP contribution in [-0.4, -0.2) is 23.2 Å². The summed E-state index contributed by atoms with van der Waals surface area (Å²) in [6.45, 7) is 3.70. The number of rotatable bonds is 5. The molecule has 0 fully saturated rings. The van der Waals surface area contributed by atoms with Crippen LogP contribution in [0.1, 0.15) is 40.1 Å². The van der Waals surface area contributed by atoms with Crippen LogP contribution in [0.4, 0.5) is 0 Å². The normalized spacial score (nSPS) is 12.0. The van der Waals surface area contributed by atoms with Crippen LogP contribution < -0.4 is 0 Å². The van der Waals surface area contributed by atoms with E-state index in [-0.39, 0.29) is 28.7 Å². The molecule has 18 heavy (non-hydrogen) atoms. The Morgan fingerprint density at radius 2 is 2.06 bits per heavy atom. The van der Waals surface area contributed by atoms with Gasteiger partial charge in [0.05, 0.1) is 17.0 Å². The van der Waals surface area contributed by atoms with Gasteiger partial charge in [0.25, 0.3) is 0 Å². The first kappa shape index (κ1) is 15.2. The average molecular weight is 334 g/mol. The fraction of sp³-hybridized carbons (Fsp3) is 0.385. The number of ether oxygens (including phenoxy) is 1. The Labute approximate surface area is 120 Å². The molecule has 0 saturated heterocycles. The molecule has 1 rings (SSSR count). The molecule has 5 heteroatoms. The molecule has 0 aliphatic rings. The summed E-state index contributed by atoms with van der Waals surface area (Å²) in [7, 11) is 0. The van der Waals surface area contributed by atoms with Crippen molar-refractivity contribution in [2.45, 2.75) is 24.6 Å². The molecule has 98 valence electrons. The lowest BCUT2D eigenvalue weighted by molar-refractivity contribution is 0.0523. The zero-order valence-corrected chi connectivity index (χ0v) is 12.5. The number of carbonyl (C=O) groups excluding carboxylic acids is 2. The van der Waals surface area contributed by atoms with Crippen molar-refractivity contribution in [2.75, 3.05) is 6.61 Å². The lowest BCUT2D eigenvalue weighted by Crippen LogP contribution is -2.17. The van der Waals surface area contributed by atoms with Crippen LogP contribution in [0.5, 0.6) is 0 Å². The van der Waals surface area contributed by atoms with Gasteiger partial charge in [-0.1, -0.05) is 28.1 Å². The summed E-state index contributed by atoms with van der Waals surface area (Å²) in [6, 6.07) is 4.95. The molecule has 0 N–H and O–H groups in total. The van der Waals surface area contributed by atoms with E-state index in [9.17, 15) is 9.59 Å². The zero-order valence-electron chi connectivity index (χ0n) is 10.2. The van der Waals surface area contributed by atoms with E-state index in [1.54, 1.807) is 32.0 Å². The van der Waals surface area contributed by atoms with E-state index >= 15 is 0 Å². The third-order valence-electron chi connectivity index (χ3n) is 2.36. The van der Waals surface area contributed by atoms with Gasteiger partial charge in [-0.15, -0.1) is 11.6 Å². The molecule has 0 spiro atoms. The van der Waals surface area contributed by atoms with Crippen LogP contribution in [0.3, 0.4) is 0 Å². The van der Waals surface area contributed by atoms with Crippen molar-refractivity contribution < 1.29 is 14.3 Å². The quantitative estimate of drug-likeness (QED) is 0.470. The van der Waals surface area contributed by atoms with Crippen molar-refractivity contribution in [3.8, 4) is 0 Å². The standard InChI is InChI=1S/C13H14BrClO3/c1-3-18-13(17)11-6-9(7-15)4-5-10(11)12(16)8(2)14/h4-6,8H,3,7H2,1-2H3. The van der Waals surface area contributed by atoms with Gasteiger partial charge >= 0.3 is 5.97 Å². The minimum absolute atomic E-state index is 0.154. The van der Waals surface area contributed by atoms with E-state index in [1.807, 2.05) is 0 Å². The molecule has 1 unspecified atom stereocenters. The molecule has 0 aromatic heterocycles. The van der Waals surface area contributed by atoms with Crippen molar-refractivity contribution in [3.63, 3.8) is 0 Å². The fourth-order valence-electron chi connectivity index (χ4n) is 1.48. The summed E-state index contributed by atoms with van der Waals surface area (Å²) in [4.78, 5) is 23.5. The van der Waals surface area contributed by atoms with Crippen LogP contribution in [-0.2, 0) is 10.6 Å². The highest BCUT2D eigenvalue weighted by molar-refractivity contribution is 9.10. The molecule has 0 heterocycles. The summed E-state index contributed by atoms with van der Waals surface area (Å²) in [5, 5.41) is 0. The maximum absolute atomic E-state index is 12.0. The molecule has 1 atom stereocenters. The Kier molecular flexibility index (Phi) is 5.82. The van der Waals surface area contributed by atoms with Crippen LogP contribution in [0.15, 0.2) is 18.2 Å². The summed E-state index contributed by atoms with van der Waals surface area (Å²) in [6.07, 6.45) is 0. The van der Waals surface area contributed by atoms with Crippen molar-refractivity contribution >= 4 is 39.3 Å². The highest BCUT2D eigenvalue weighted by Gasteiger charge is 2.21. The molecule has 0 aliphatic heterocycles. The molecular weight excluding hydrogens is 319 g/mol. The second kappa shape index (κ2) is 6.90. The van der Waals surface area contributed by atoms with Gasteiger partial charge in [-0.05, 0) is 25.5 Å². The molecule has 1 aromatic rings. The molecule has 1 aromatic carbocycles. The minimum atomic E-state index is -0.499. The number of hydrogen-bond donors (Lipinski definition) is 0. The van der Waals surface area contributed by atoms with Crippen molar-refractivity contribution in [1.29, 1.82) is 0 Å². The summed E-state index contributed by atoms with van der Waals surface area (Å²) in [5.74, 6) is -0.370. The summed E-state index contributed by atoms with van der Waals surface area (Å²) >= 11 is 8.94. The van der Waals surface area contributed by atoms with E-state index in [4.69, 9.17) is 16.3 Å². The maximum atomic E-state index is 12.0. The van der Waals surface area contributed by atoms with E-state index < -0.39 is 5.97 Å². The van der Waals surface area contributed by atoms with E-state index in [1.165, 1.54) is 0 Å². The molecule has 0 amide bonds. The smallest absolute Gasteiger partial charge is 0.338 e. The first-order valence-corrected chi connectivity index (χ1v) is 7.00. The maximum Gasteiger partial charge on any atom is 0.338 e. The van der Waals surface area contributed by atoms with E-state index in [0.29, 0.717) is 5.56 Å². The molecule has 3 nitrogen and oxygen atoms in total. The number of carbonyl (C=O) groups is 2. The topological polar surface area (TPSA) is 43.4 Å². The minimum Gasteiger partial charge on any atom is -0.462 e. The number of Topliss-reactive ketones (excluding diaryl/α,β-unsaturated/α-hetero) is 1. The third-order valence-corrected chi connectivity index (χ3v) is 3.08. The predicted molar refractivity (Wildman–Crippen MR) is 74.7 cm³/mol. The molecule has 0 saturated carbocycles. The van der Waals surface area contributed by atoms with Gasteiger partial charge in [0.1, 0.15) is 0 Å². The van der Waals surface area contributed by atoms with Gasteiger partial charge in [0.15, 0.2) is 5.78 Å². The number of benzene rings is 1. The number of alkyl halides is 2. The van der Waals surface area contributed by atoms with Gasteiger partial charge in [-0.3, -0.25) is 4.79 Å². The van der Waals surface area contributed by atoms with E-state index in [2.05, 4.69) is 15.9 Å². The number of halogens is 2. The highest BCUT2D eigenvalue weighted by Crippen LogP contribution is 2.19. The second-order valence-corrected chi connectivity index (χ2v) is 5.36. The SMILES string of the molecule is CCOC(=O)c1cc(CCl)ccc1C(=O)C(C)Br. The van der Waals surface area contributed by atoms with Crippen LogP contribution in [0, 0.1) is 0 Å². The number of ketones is 1. The number of hydrogen-bond acceptors (Lipinski definition) is 3. The van der Waals surface area contributed by atoms with Crippen LogP contribution in [0.2, 0.25) is 0 Å². The predicted octanol–water partition coefficient (Wildman–Crippen LogP) is 3.57. The molecule has 0 bridgehead atoms. The Balaban J connectivity index is 3.24. The van der Waals surface area contributed by atoms with E-state index in [0.717, 1.165) is 5.56 Å². The molecule has 0 aliphatic carbocycles. The Hall–Kier alpha value is -0.870. The molecule has 0 radical (unpaired) electrons. The Morgan fingerprint density at radius 1 is 1.39 bits per heavy atom. The lowest BCUT2D eigenvalue weighted by Gasteiger charge is -2.10. The zero-order chi connectivity index (χ0) is 13.7. The van der Waals surface area contributed by atoms with Crippen molar-refractivity contribution in [2.24, 2.45) is 0 Å². The monoisotopic (exact) mass is 332 g/mol. The van der Waals surface area contributed by atoms with Gasteiger partial charge in [0, 0.05) is 11.4 Å². The van der Waals surface area contributed by atoms with Crippen molar-refractivity contribution in [1.82, 2.24) is 0 Å². The number of esters is 1. The van der Waals surface area contributed by atoms with Gasteiger partial charge < -0.3 is 4.74 Å². The van der Waals surface area contributed by atoms with Gasteiger partial charge in [0.2, 0.25) is 0 Å². The van der Waals surface area contributed by atoms with Gasteiger partial charge in [-0.25, -0.2) is 4.79 Å². The van der Waals surface area contributed by atoms with Crippen LogP contribution in [0.25, 0.3) is 0 Å². The summed E-state index contributed by atoms with van der Waals surface area (Å²) < 4.78 is 4.95. The first-order valence-electron chi connectivity index (χ1n) is 5.55. The first-order chi connectivity index (χ1) is 8.51. The average Bonchev–Trinajstić information content (AvgIpc) is 2.37. The van der Waals surface area contributed by atoms with Crippen LogP contribution >= 0.6 is 27.5 Å². The highest BCUT2D eigenvalue weighted by atomic mass is 79.9. The van der Waals surface area contributed by atoms with Gasteiger partial charge in [-0.2, -0.15) is 0 Å².